The van der Waals surface area contributed by atoms with Crippen molar-refractivity contribution in [3.63, 3.8) is 0 Å². The Labute approximate surface area is 187 Å². The smallest absolute Gasteiger partial charge is 0.355 e. The molecule has 0 atom stereocenters. The highest BCUT2D eigenvalue weighted by Gasteiger charge is 2.30. The Balaban J connectivity index is 1.50. The minimum atomic E-state index is -4.43. The van der Waals surface area contributed by atoms with E-state index in [2.05, 4.69) is 10.3 Å². The second-order valence-electron chi connectivity index (χ2n) is 7.04. The van der Waals surface area contributed by atoms with Gasteiger partial charge in [0.2, 0.25) is 0 Å². The molecule has 0 saturated heterocycles. The number of carbonyl (C=O) groups is 1. The van der Waals surface area contributed by atoms with Gasteiger partial charge in [-0.05, 0) is 66.2 Å². The van der Waals surface area contributed by atoms with Crippen LogP contribution in [0.3, 0.4) is 0 Å². The fourth-order valence-corrected chi connectivity index (χ4v) is 3.27. The molecular weight excluding hydrogens is 437 g/mol. The van der Waals surface area contributed by atoms with E-state index in [9.17, 15) is 18.0 Å². The van der Waals surface area contributed by atoms with E-state index >= 15 is 0 Å². The van der Waals surface area contributed by atoms with Gasteiger partial charge in [-0.2, -0.15) is 13.2 Å². The molecule has 0 radical (unpaired) electrons. The number of rotatable bonds is 5. The number of aromatic nitrogens is 1. The molecule has 7 heteroatoms. The summed E-state index contributed by atoms with van der Waals surface area (Å²) in [5.74, 6) is -0.152. The molecule has 4 aromatic rings. The van der Waals surface area contributed by atoms with Crippen LogP contribution in [0.4, 0.5) is 24.5 Å². The Kier molecular flexibility index (Phi) is 5.97. The highest BCUT2D eigenvalue weighted by atomic mass is 35.5. The lowest BCUT2D eigenvalue weighted by Crippen LogP contribution is -2.04. The largest absolute Gasteiger partial charge is 0.416 e. The lowest BCUT2D eigenvalue weighted by molar-refractivity contribution is -0.137. The molecule has 160 valence electrons. The molecule has 0 bridgehead atoms. The van der Waals surface area contributed by atoms with Crippen molar-refractivity contribution in [2.75, 3.05) is 5.32 Å². The van der Waals surface area contributed by atoms with Crippen LogP contribution in [0.15, 0.2) is 85.1 Å². The van der Waals surface area contributed by atoms with Crippen molar-refractivity contribution in [3.8, 4) is 0 Å². The predicted molar refractivity (Wildman–Crippen MR) is 121 cm³/mol. The molecule has 1 heterocycles. The topological polar surface area (TPSA) is 42.0 Å². The number of ketones is 1. The van der Waals surface area contributed by atoms with Crippen molar-refractivity contribution in [3.05, 3.63) is 107 Å². The molecule has 0 unspecified atom stereocenters. The zero-order valence-corrected chi connectivity index (χ0v) is 17.3. The Hall–Kier alpha value is -3.64. The molecule has 4 rings (SSSR count). The third kappa shape index (κ3) is 4.98. The molecule has 0 fully saturated rings. The van der Waals surface area contributed by atoms with Gasteiger partial charge >= 0.3 is 6.18 Å². The molecule has 3 nitrogen and oxygen atoms in total. The minimum absolute atomic E-state index is 0.152. The minimum Gasteiger partial charge on any atom is -0.355 e. The average molecular weight is 453 g/mol. The van der Waals surface area contributed by atoms with Gasteiger partial charge in [0.15, 0.2) is 5.78 Å². The third-order valence-corrected chi connectivity index (χ3v) is 5.07. The number of halogens is 4. The second kappa shape index (κ2) is 8.85. The number of anilines is 2. The number of nitrogens with one attached hydrogen (secondary N) is 1. The monoisotopic (exact) mass is 452 g/mol. The van der Waals surface area contributed by atoms with Crippen LogP contribution in [0.1, 0.15) is 21.5 Å². The fraction of sp³-hybridized carbons (Fsp3) is 0.0400. The first-order chi connectivity index (χ1) is 15.3. The van der Waals surface area contributed by atoms with E-state index < -0.39 is 11.7 Å². The van der Waals surface area contributed by atoms with E-state index in [0.717, 1.165) is 17.7 Å². The van der Waals surface area contributed by atoms with Crippen molar-refractivity contribution in [1.82, 2.24) is 4.98 Å². The number of nitrogens with zero attached hydrogens (tertiary/aromatic N) is 1. The van der Waals surface area contributed by atoms with Crippen molar-refractivity contribution in [2.24, 2.45) is 0 Å². The van der Waals surface area contributed by atoms with E-state index in [1.54, 1.807) is 48.5 Å². The first kappa shape index (κ1) is 21.6. The van der Waals surface area contributed by atoms with Gasteiger partial charge in [0.1, 0.15) is 0 Å². The first-order valence-corrected chi connectivity index (χ1v) is 9.98. The molecule has 0 saturated carbocycles. The summed E-state index contributed by atoms with van der Waals surface area (Å²) < 4.78 is 38.9. The van der Waals surface area contributed by atoms with Gasteiger partial charge in [0, 0.05) is 33.5 Å². The molecule has 0 aliphatic heterocycles. The highest BCUT2D eigenvalue weighted by Crippen LogP contribution is 2.33. The van der Waals surface area contributed by atoms with Crippen LogP contribution >= 0.6 is 11.6 Å². The molecule has 0 amide bonds. The number of hydrogen-bond acceptors (Lipinski definition) is 3. The number of allylic oxidation sites excluding steroid dienone is 1. The number of carbonyl (C=O) groups excluding carboxylic acids is 1. The van der Waals surface area contributed by atoms with Crippen molar-refractivity contribution < 1.29 is 18.0 Å². The van der Waals surface area contributed by atoms with Crippen LogP contribution in [0.5, 0.6) is 0 Å². The van der Waals surface area contributed by atoms with E-state index in [1.165, 1.54) is 18.3 Å². The van der Waals surface area contributed by atoms with E-state index in [0.29, 0.717) is 27.3 Å². The SMILES string of the molecule is O=C(/C=C/c1ccc(Cl)cc1)c1ccc(Nc2ccnc3cc(C(F)(F)F)ccc23)cc1. The van der Waals surface area contributed by atoms with Gasteiger partial charge in [-0.15, -0.1) is 0 Å². The average Bonchev–Trinajstić information content (AvgIpc) is 2.78. The lowest BCUT2D eigenvalue weighted by Gasteiger charge is -2.12. The summed E-state index contributed by atoms with van der Waals surface area (Å²) in [5, 5.41) is 4.36. The van der Waals surface area contributed by atoms with Gasteiger partial charge < -0.3 is 5.32 Å². The summed E-state index contributed by atoms with van der Waals surface area (Å²) in [4.78, 5) is 16.5. The molecule has 0 spiro atoms. The van der Waals surface area contributed by atoms with Crippen LogP contribution in [-0.4, -0.2) is 10.8 Å². The van der Waals surface area contributed by atoms with E-state index in [1.807, 2.05) is 12.1 Å². The van der Waals surface area contributed by atoms with Crippen LogP contribution < -0.4 is 5.32 Å². The number of benzene rings is 3. The number of hydrogen-bond donors (Lipinski definition) is 1. The molecule has 1 N–H and O–H groups in total. The Morgan fingerprint density at radius 3 is 2.34 bits per heavy atom. The predicted octanol–water partition coefficient (Wildman–Crippen LogP) is 7.55. The van der Waals surface area contributed by atoms with Crippen LogP contribution in [0.25, 0.3) is 17.0 Å². The number of alkyl halides is 3. The summed E-state index contributed by atoms with van der Waals surface area (Å²) in [6.07, 6.45) is 0.220. The maximum absolute atomic E-state index is 13.0. The van der Waals surface area contributed by atoms with E-state index in [4.69, 9.17) is 11.6 Å². The molecule has 0 aliphatic carbocycles. The number of fused-ring (bicyclic) bond motifs is 1. The summed E-state index contributed by atoms with van der Waals surface area (Å²) >= 11 is 5.85. The molecular formula is C25H16ClF3N2O. The summed E-state index contributed by atoms with van der Waals surface area (Å²) in [6.45, 7) is 0. The summed E-state index contributed by atoms with van der Waals surface area (Å²) in [7, 11) is 0. The second-order valence-corrected chi connectivity index (χ2v) is 7.48. The third-order valence-electron chi connectivity index (χ3n) is 4.82. The van der Waals surface area contributed by atoms with Gasteiger partial charge in [-0.25, -0.2) is 0 Å². The maximum atomic E-state index is 13.0. The molecule has 3 aromatic carbocycles. The van der Waals surface area contributed by atoms with Crippen LogP contribution in [0.2, 0.25) is 5.02 Å². The quantitative estimate of drug-likeness (QED) is 0.251. The first-order valence-electron chi connectivity index (χ1n) is 9.61. The molecule has 1 aromatic heterocycles. The standard InChI is InChI=1S/C25H16ClF3N2O/c26-19-7-1-16(2-8-19)3-12-24(32)17-4-9-20(10-5-17)31-22-13-14-30-23-15-18(25(27,28)29)6-11-21(22)23/h1-15H,(H,30,31)/b12-3+. The van der Waals surface area contributed by atoms with Gasteiger partial charge in [0.05, 0.1) is 11.1 Å². The molecule has 0 aliphatic rings. The molecule has 32 heavy (non-hydrogen) atoms. The summed E-state index contributed by atoms with van der Waals surface area (Å²) in [6, 6.07) is 19.1. The Morgan fingerprint density at radius 2 is 1.66 bits per heavy atom. The van der Waals surface area contributed by atoms with Gasteiger partial charge in [-0.3, -0.25) is 9.78 Å². The van der Waals surface area contributed by atoms with Crippen molar-refractivity contribution in [1.29, 1.82) is 0 Å². The van der Waals surface area contributed by atoms with Crippen LogP contribution in [0, 0.1) is 0 Å². The van der Waals surface area contributed by atoms with Crippen molar-refractivity contribution >= 4 is 45.7 Å². The van der Waals surface area contributed by atoms with Gasteiger partial charge in [0.25, 0.3) is 0 Å². The van der Waals surface area contributed by atoms with E-state index in [-0.39, 0.29) is 11.3 Å². The highest BCUT2D eigenvalue weighted by molar-refractivity contribution is 6.30. The lowest BCUT2D eigenvalue weighted by atomic mass is 10.1. The zero-order chi connectivity index (χ0) is 22.7. The summed E-state index contributed by atoms with van der Waals surface area (Å²) in [5.41, 5.74) is 2.17. The Bertz CT molecular complexity index is 1300. The van der Waals surface area contributed by atoms with Crippen molar-refractivity contribution in [2.45, 2.75) is 6.18 Å². The normalized spacial score (nSPS) is 11.8. The van der Waals surface area contributed by atoms with Gasteiger partial charge in [-0.1, -0.05) is 35.9 Å². The number of pyridine rings is 1. The van der Waals surface area contributed by atoms with Crippen LogP contribution in [-0.2, 0) is 6.18 Å². The zero-order valence-electron chi connectivity index (χ0n) is 16.5. The Morgan fingerprint density at radius 1 is 0.938 bits per heavy atom. The maximum Gasteiger partial charge on any atom is 0.416 e. The fourth-order valence-electron chi connectivity index (χ4n) is 3.15.